The van der Waals surface area contributed by atoms with Crippen molar-refractivity contribution < 1.29 is 14.3 Å². The summed E-state index contributed by atoms with van der Waals surface area (Å²) in [6, 6.07) is -0.416. The molecule has 1 heterocycles. The molecule has 1 atom stereocenters. The Morgan fingerprint density at radius 3 is 2.93 bits per heavy atom. The van der Waals surface area contributed by atoms with Gasteiger partial charge in [0.05, 0.1) is 6.61 Å². The Morgan fingerprint density at radius 1 is 1.60 bits per heavy atom. The largest absolute Gasteiger partial charge is 0.464 e. The SMILES string of the molecule is CCC=CN1C(=O)CCC1C(=O)OCC. The van der Waals surface area contributed by atoms with Crippen LogP contribution < -0.4 is 0 Å². The average molecular weight is 211 g/mol. The quantitative estimate of drug-likeness (QED) is 0.661. The Labute approximate surface area is 89.9 Å². The number of ether oxygens (including phenoxy) is 1. The molecule has 4 nitrogen and oxygen atoms in total. The van der Waals surface area contributed by atoms with E-state index in [0.29, 0.717) is 19.4 Å². The minimum Gasteiger partial charge on any atom is -0.464 e. The van der Waals surface area contributed by atoms with E-state index < -0.39 is 6.04 Å². The molecule has 1 unspecified atom stereocenters. The zero-order valence-electron chi connectivity index (χ0n) is 9.23. The summed E-state index contributed by atoms with van der Waals surface area (Å²) in [5.74, 6) is -0.304. The lowest BCUT2D eigenvalue weighted by molar-refractivity contribution is -0.149. The van der Waals surface area contributed by atoms with Gasteiger partial charge in [-0.15, -0.1) is 0 Å². The molecule has 1 aliphatic heterocycles. The predicted molar refractivity (Wildman–Crippen MR) is 55.9 cm³/mol. The van der Waals surface area contributed by atoms with Gasteiger partial charge in [0.15, 0.2) is 0 Å². The van der Waals surface area contributed by atoms with E-state index in [-0.39, 0.29) is 11.9 Å². The van der Waals surface area contributed by atoms with Crippen molar-refractivity contribution in [2.24, 2.45) is 0 Å². The van der Waals surface area contributed by atoms with Crippen LogP contribution in [0.25, 0.3) is 0 Å². The number of likely N-dealkylation sites (tertiary alicyclic amines) is 1. The Bertz CT molecular complexity index is 273. The molecule has 0 aromatic heterocycles. The van der Waals surface area contributed by atoms with Crippen LogP contribution >= 0.6 is 0 Å². The number of carbonyl (C=O) groups is 2. The molecular weight excluding hydrogens is 194 g/mol. The smallest absolute Gasteiger partial charge is 0.329 e. The Balaban J connectivity index is 2.67. The van der Waals surface area contributed by atoms with Gasteiger partial charge in [-0.25, -0.2) is 4.79 Å². The van der Waals surface area contributed by atoms with Gasteiger partial charge in [0.25, 0.3) is 0 Å². The minimum atomic E-state index is -0.416. The molecule has 0 N–H and O–H groups in total. The van der Waals surface area contributed by atoms with Crippen molar-refractivity contribution >= 4 is 11.9 Å². The van der Waals surface area contributed by atoms with Crippen molar-refractivity contribution in [3.63, 3.8) is 0 Å². The van der Waals surface area contributed by atoms with Crippen molar-refractivity contribution in [1.29, 1.82) is 0 Å². The third kappa shape index (κ3) is 2.81. The first kappa shape index (κ1) is 11.8. The number of esters is 1. The Kier molecular flexibility index (Phi) is 4.34. The maximum Gasteiger partial charge on any atom is 0.329 e. The highest BCUT2D eigenvalue weighted by atomic mass is 16.5. The van der Waals surface area contributed by atoms with E-state index in [1.807, 2.05) is 13.0 Å². The van der Waals surface area contributed by atoms with Crippen LogP contribution in [-0.2, 0) is 14.3 Å². The third-order valence-corrected chi connectivity index (χ3v) is 2.32. The summed E-state index contributed by atoms with van der Waals surface area (Å²) in [6.07, 6.45) is 5.40. The molecule has 1 fully saturated rings. The first-order valence-corrected chi connectivity index (χ1v) is 5.35. The second kappa shape index (κ2) is 5.53. The van der Waals surface area contributed by atoms with E-state index >= 15 is 0 Å². The zero-order valence-corrected chi connectivity index (χ0v) is 9.23. The minimum absolute atomic E-state index is 0.00208. The second-order valence-electron chi connectivity index (χ2n) is 3.40. The topological polar surface area (TPSA) is 46.6 Å². The average Bonchev–Trinajstić information content (AvgIpc) is 2.57. The summed E-state index contributed by atoms with van der Waals surface area (Å²) in [5.41, 5.74) is 0. The van der Waals surface area contributed by atoms with Crippen LogP contribution in [0.4, 0.5) is 0 Å². The van der Waals surface area contributed by atoms with Gasteiger partial charge in [0.1, 0.15) is 6.04 Å². The van der Waals surface area contributed by atoms with Crippen LogP contribution in [-0.4, -0.2) is 29.4 Å². The van der Waals surface area contributed by atoms with E-state index in [9.17, 15) is 9.59 Å². The number of carbonyl (C=O) groups excluding carboxylic acids is 2. The van der Waals surface area contributed by atoms with Crippen LogP contribution in [0.2, 0.25) is 0 Å². The summed E-state index contributed by atoms with van der Waals surface area (Å²) < 4.78 is 4.92. The van der Waals surface area contributed by atoms with Crippen molar-refractivity contribution in [3.05, 3.63) is 12.3 Å². The molecule has 1 rings (SSSR count). The molecule has 1 amide bonds. The molecule has 0 bridgehead atoms. The van der Waals surface area contributed by atoms with Gasteiger partial charge in [-0.3, -0.25) is 4.79 Å². The molecule has 1 aliphatic rings. The molecule has 0 spiro atoms. The van der Waals surface area contributed by atoms with Gasteiger partial charge in [0, 0.05) is 12.6 Å². The van der Waals surface area contributed by atoms with Gasteiger partial charge in [-0.1, -0.05) is 13.0 Å². The number of rotatable bonds is 4. The fraction of sp³-hybridized carbons (Fsp3) is 0.636. The second-order valence-corrected chi connectivity index (χ2v) is 3.40. The molecule has 15 heavy (non-hydrogen) atoms. The van der Waals surface area contributed by atoms with E-state index in [4.69, 9.17) is 4.74 Å². The molecule has 84 valence electrons. The van der Waals surface area contributed by atoms with Crippen molar-refractivity contribution in [2.45, 2.75) is 39.2 Å². The van der Waals surface area contributed by atoms with Crippen molar-refractivity contribution in [1.82, 2.24) is 4.90 Å². The number of amides is 1. The Morgan fingerprint density at radius 2 is 2.33 bits per heavy atom. The van der Waals surface area contributed by atoms with E-state index in [2.05, 4.69) is 0 Å². The molecular formula is C11H17NO3. The fourth-order valence-electron chi connectivity index (χ4n) is 1.58. The van der Waals surface area contributed by atoms with Crippen molar-refractivity contribution in [3.8, 4) is 0 Å². The molecule has 0 aromatic rings. The van der Waals surface area contributed by atoms with E-state index in [1.54, 1.807) is 13.1 Å². The lowest BCUT2D eigenvalue weighted by Crippen LogP contribution is -2.35. The molecule has 0 saturated carbocycles. The summed E-state index contributed by atoms with van der Waals surface area (Å²) in [7, 11) is 0. The van der Waals surface area contributed by atoms with Gasteiger partial charge in [-0.05, 0) is 19.8 Å². The van der Waals surface area contributed by atoms with Gasteiger partial charge >= 0.3 is 5.97 Å². The number of hydrogen-bond acceptors (Lipinski definition) is 3. The lowest BCUT2D eigenvalue weighted by atomic mass is 10.2. The third-order valence-electron chi connectivity index (χ3n) is 2.32. The normalized spacial score (nSPS) is 21.3. The molecule has 4 heteroatoms. The number of nitrogens with zero attached hydrogens (tertiary/aromatic N) is 1. The van der Waals surface area contributed by atoms with E-state index in [0.717, 1.165) is 6.42 Å². The monoisotopic (exact) mass is 211 g/mol. The predicted octanol–water partition coefficient (Wildman–Crippen LogP) is 1.46. The van der Waals surface area contributed by atoms with Gasteiger partial charge in [-0.2, -0.15) is 0 Å². The highest BCUT2D eigenvalue weighted by Gasteiger charge is 2.35. The first-order valence-electron chi connectivity index (χ1n) is 5.35. The maximum absolute atomic E-state index is 11.5. The van der Waals surface area contributed by atoms with Gasteiger partial charge in [0.2, 0.25) is 5.91 Å². The van der Waals surface area contributed by atoms with Crippen LogP contribution in [0.3, 0.4) is 0 Å². The summed E-state index contributed by atoms with van der Waals surface area (Å²) in [4.78, 5) is 24.5. The molecule has 0 aromatic carbocycles. The molecule has 0 radical (unpaired) electrons. The lowest BCUT2D eigenvalue weighted by Gasteiger charge is -2.18. The zero-order chi connectivity index (χ0) is 11.3. The highest BCUT2D eigenvalue weighted by molar-refractivity contribution is 5.88. The number of hydrogen-bond donors (Lipinski definition) is 0. The van der Waals surface area contributed by atoms with Crippen molar-refractivity contribution in [2.75, 3.05) is 6.61 Å². The summed E-state index contributed by atoms with van der Waals surface area (Å²) in [6.45, 7) is 4.10. The van der Waals surface area contributed by atoms with E-state index in [1.165, 1.54) is 4.90 Å². The maximum atomic E-state index is 11.5. The van der Waals surface area contributed by atoms with Crippen LogP contribution in [0.15, 0.2) is 12.3 Å². The molecule has 1 saturated heterocycles. The van der Waals surface area contributed by atoms with Gasteiger partial charge < -0.3 is 9.64 Å². The number of allylic oxidation sites excluding steroid dienone is 1. The van der Waals surface area contributed by atoms with Crippen LogP contribution in [0.5, 0.6) is 0 Å². The summed E-state index contributed by atoms with van der Waals surface area (Å²) >= 11 is 0. The summed E-state index contributed by atoms with van der Waals surface area (Å²) in [5, 5.41) is 0. The Hall–Kier alpha value is -1.32. The van der Waals surface area contributed by atoms with Crippen LogP contribution in [0, 0.1) is 0 Å². The highest BCUT2D eigenvalue weighted by Crippen LogP contribution is 2.20. The molecule has 0 aliphatic carbocycles. The fourth-order valence-corrected chi connectivity index (χ4v) is 1.58. The first-order chi connectivity index (χ1) is 7.20. The standard InChI is InChI=1S/C11H17NO3/c1-3-5-8-12-9(6-7-10(12)13)11(14)15-4-2/h5,8-9H,3-4,6-7H2,1-2H3. The van der Waals surface area contributed by atoms with Crippen LogP contribution in [0.1, 0.15) is 33.1 Å².